The minimum Gasteiger partial charge on any atom is -0.508 e. The maximum absolute atomic E-state index is 9.37. The molecule has 0 unspecified atom stereocenters. The first-order chi connectivity index (χ1) is 9.24. The Kier molecular flexibility index (Phi) is 3.05. The summed E-state index contributed by atoms with van der Waals surface area (Å²) < 4.78 is 5.66. The standard InChI is InChI=1S/C15H12ClNO2/c16-14-6-2-5-13-10(8-17-15(13)14)9-19-12-4-1-3-11(18)7-12/h1-8,17-18H,9H2. The number of ether oxygens (including phenoxy) is 1. The maximum Gasteiger partial charge on any atom is 0.123 e. The summed E-state index contributed by atoms with van der Waals surface area (Å²) in [5.41, 5.74) is 1.94. The van der Waals surface area contributed by atoms with Crippen molar-refractivity contribution in [2.24, 2.45) is 0 Å². The summed E-state index contributed by atoms with van der Waals surface area (Å²) in [5, 5.41) is 11.1. The molecule has 1 aromatic heterocycles. The van der Waals surface area contributed by atoms with Crippen LogP contribution in [0.4, 0.5) is 0 Å². The van der Waals surface area contributed by atoms with Crippen LogP contribution in [-0.2, 0) is 6.61 Å². The van der Waals surface area contributed by atoms with Crippen LogP contribution in [-0.4, -0.2) is 10.1 Å². The van der Waals surface area contributed by atoms with Gasteiger partial charge >= 0.3 is 0 Å². The molecule has 0 aliphatic rings. The van der Waals surface area contributed by atoms with Crippen molar-refractivity contribution in [3.05, 3.63) is 59.2 Å². The number of halogens is 1. The number of fused-ring (bicyclic) bond motifs is 1. The Morgan fingerprint density at radius 1 is 1.16 bits per heavy atom. The molecule has 19 heavy (non-hydrogen) atoms. The number of hydrogen-bond acceptors (Lipinski definition) is 2. The molecule has 0 radical (unpaired) electrons. The van der Waals surface area contributed by atoms with Gasteiger partial charge in [-0.25, -0.2) is 0 Å². The summed E-state index contributed by atoms with van der Waals surface area (Å²) in [4.78, 5) is 3.14. The molecule has 0 aliphatic heterocycles. The van der Waals surface area contributed by atoms with Crippen molar-refractivity contribution in [1.82, 2.24) is 4.98 Å². The van der Waals surface area contributed by atoms with Crippen LogP contribution in [0.15, 0.2) is 48.7 Å². The molecule has 0 saturated carbocycles. The SMILES string of the molecule is Oc1cccc(OCc2c[nH]c3c(Cl)cccc23)c1. The second kappa shape index (κ2) is 4.86. The van der Waals surface area contributed by atoms with Gasteiger partial charge in [0, 0.05) is 23.2 Å². The van der Waals surface area contributed by atoms with Crippen molar-refractivity contribution in [2.75, 3.05) is 0 Å². The molecule has 0 aliphatic carbocycles. The van der Waals surface area contributed by atoms with E-state index < -0.39 is 0 Å². The van der Waals surface area contributed by atoms with Crippen LogP contribution in [0, 0.1) is 0 Å². The van der Waals surface area contributed by atoms with Gasteiger partial charge in [0.15, 0.2) is 0 Å². The second-order valence-electron chi connectivity index (χ2n) is 4.26. The molecule has 3 rings (SSSR count). The maximum atomic E-state index is 9.37. The molecule has 0 fully saturated rings. The number of hydrogen-bond donors (Lipinski definition) is 2. The largest absolute Gasteiger partial charge is 0.508 e. The van der Waals surface area contributed by atoms with Crippen LogP contribution in [0.25, 0.3) is 10.9 Å². The average molecular weight is 274 g/mol. The number of H-pyrrole nitrogens is 1. The van der Waals surface area contributed by atoms with E-state index in [2.05, 4.69) is 4.98 Å². The molecule has 2 aromatic carbocycles. The zero-order valence-corrected chi connectivity index (χ0v) is 10.8. The molecular formula is C15H12ClNO2. The fraction of sp³-hybridized carbons (Fsp3) is 0.0667. The van der Waals surface area contributed by atoms with Gasteiger partial charge in [-0.2, -0.15) is 0 Å². The Hall–Kier alpha value is -2.13. The van der Waals surface area contributed by atoms with Crippen molar-refractivity contribution in [1.29, 1.82) is 0 Å². The number of aromatic hydroxyl groups is 1. The van der Waals surface area contributed by atoms with Crippen LogP contribution >= 0.6 is 11.6 Å². The summed E-state index contributed by atoms with van der Waals surface area (Å²) in [6.07, 6.45) is 1.89. The van der Waals surface area contributed by atoms with Gasteiger partial charge in [0.05, 0.1) is 10.5 Å². The Bertz CT molecular complexity index is 721. The Labute approximate surface area is 115 Å². The van der Waals surface area contributed by atoms with Crippen LogP contribution in [0.1, 0.15) is 5.56 Å². The zero-order valence-electron chi connectivity index (χ0n) is 10.1. The zero-order chi connectivity index (χ0) is 13.2. The Balaban J connectivity index is 1.84. The van der Waals surface area contributed by atoms with Crippen molar-refractivity contribution < 1.29 is 9.84 Å². The number of para-hydroxylation sites is 1. The van der Waals surface area contributed by atoms with E-state index >= 15 is 0 Å². The number of benzene rings is 2. The third-order valence-electron chi connectivity index (χ3n) is 2.96. The molecule has 3 aromatic rings. The lowest BCUT2D eigenvalue weighted by Gasteiger charge is -2.05. The van der Waals surface area contributed by atoms with Crippen LogP contribution in [0.3, 0.4) is 0 Å². The summed E-state index contributed by atoms with van der Waals surface area (Å²) in [6, 6.07) is 12.5. The van der Waals surface area contributed by atoms with E-state index in [0.29, 0.717) is 17.4 Å². The third-order valence-corrected chi connectivity index (χ3v) is 3.28. The molecule has 4 heteroatoms. The molecule has 0 atom stereocenters. The summed E-state index contributed by atoms with van der Waals surface area (Å²) in [6.45, 7) is 0.420. The van der Waals surface area contributed by atoms with Gasteiger partial charge in [0.1, 0.15) is 18.1 Å². The van der Waals surface area contributed by atoms with E-state index in [-0.39, 0.29) is 5.75 Å². The van der Waals surface area contributed by atoms with Gasteiger partial charge in [-0.05, 0) is 18.2 Å². The Morgan fingerprint density at radius 3 is 2.84 bits per heavy atom. The first-order valence-corrected chi connectivity index (χ1v) is 6.28. The average Bonchev–Trinajstić information content (AvgIpc) is 2.81. The summed E-state index contributed by atoms with van der Waals surface area (Å²) >= 11 is 6.10. The van der Waals surface area contributed by atoms with E-state index in [9.17, 15) is 5.11 Å². The molecule has 0 saturated heterocycles. The normalized spacial score (nSPS) is 10.8. The van der Waals surface area contributed by atoms with Gasteiger partial charge in [-0.15, -0.1) is 0 Å². The van der Waals surface area contributed by atoms with Gasteiger partial charge in [0.2, 0.25) is 0 Å². The van der Waals surface area contributed by atoms with Gasteiger partial charge in [-0.3, -0.25) is 0 Å². The van der Waals surface area contributed by atoms with E-state index in [4.69, 9.17) is 16.3 Å². The highest BCUT2D eigenvalue weighted by Crippen LogP contribution is 2.26. The van der Waals surface area contributed by atoms with Gasteiger partial charge in [-0.1, -0.05) is 29.8 Å². The molecule has 2 N–H and O–H groups in total. The third kappa shape index (κ3) is 2.37. The molecule has 0 bridgehead atoms. The van der Waals surface area contributed by atoms with Gasteiger partial charge < -0.3 is 14.8 Å². The highest BCUT2D eigenvalue weighted by molar-refractivity contribution is 6.35. The fourth-order valence-electron chi connectivity index (χ4n) is 2.03. The van der Waals surface area contributed by atoms with Crippen LogP contribution < -0.4 is 4.74 Å². The van der Waals surface area contributed by atoms with Crippen LogP contribution in [0.5, 0.6) is 11.5 Å². The molecular weight excluding hydrogens is 262 g/mol. The minimum absolute atomic E-state index is 0.194. The Morgan fingerprint density at radius 2 is 2.00 bits per heavy atom. The molecule has 96 valence electrons. The number of rotatable bonds is 3. The molecule has 0 amide bonds. The van der Waals surface area contributed by atoms with Crippen molar-refractivity contribution in [2.45, 2.75) is 6.61 Å². The van der Waals surface area contributed by atoms with E-state index in [1.165, 1.54) is 0 Å². The predicted octanol–water partition coefficient (Wildman–Crippen LogP) is 4.11. The van der Waals surface area contributed by atoms with Crippen molar-refractivity contribution in [3.8, 4) is 11.5 Å². The number of aromatic amines is 1. The number of aromatic nitrogens is 1. The topological polar surface area (TPSA) is 45.2 Å². The van der Waals surface area contributed by atoms with Crippen molar-refractivity contribution >= 4 is 22.5 Å². The lowest BCUT2D eigenvalue weighted by molar-refractivity contribution is 0.306. The first-order valence-electron chi connectivity index (χ1n) is 5.90. The smallest absolute Gasteiger partial charge is 0.123 e. The molecule has 3 nitrogen and oxygen atoms in total. The fourth-order valence-corrected chi connectivity index (χ4v) is 2.26. The highest BCUT2D eigenvalue weighted by atomic mass is 35.5. The van der Waals surface area contributed by atoms with E-state index in [0.717, 1.165) is 16.5 Å². The number of phenolic OH excluding ortho intramolecular Hbond substituents is 1. The molecule has 1 heterocycles. The highest BCUT2D eigenvalue weighted by Gasteiger charge is 2.06. The molecule has 0 spiro atoms. The van der Waals surface area contributed by atoms with Gasteiger partial charge in [0.25, 0.3) is 0 Å². The monoisotopic (exact) mass is 273 g/mol. The quantitative estimate of drug-likeness (QED) is 0.754. The number of nitrogens with one attached hydrogen (secondary N) is 1. The lowest BCUT2D eigenvalue weighted by Crippen LogP contribution is -1.94. The van der Waals surface area contributed by atoms with Crippen molar-refractivity contribution in [3.63, 3.8) is 0 Å². The second-order valence-corrected chi connectivity index (χ2v) is 4.67. The lowest BCUT2D eigenvalue weighted by atomic mass is 10.2. The van der Waals surface area contributed by atoms with E-state index in [1.54, 1.807) is 18.2 Å². The van der Waals surface area contributed by atoms with E-state index in [1.807, 2.05) is 30.5 Å². The first kappa shape index (κ1) is 11.9. The minimum atomic E-state index is 0.194. The van der Waals surface area contributed by atoms with Crippen LogP contribution in [0.2, 0.25) is 5.02 Å². The predicted molar refractivity (Wildman–Crippen MR) is 75.7 cm³/mol. The summed E-state index contributed by atoms with van der Waals surface area (Å²) in [7, 11) is 0. The number of phenols is 1. The summed E-state index contributed by atoms with van der Waals surface area (Å²) in [5.74, 6) is 0.829.